The molecule has 0 saturated carbocycles. The molecule has 2 unspecified atom stereocenters. The first kappa shape index (κ1) is 13.4. The van der Waals surface area contributed by atoms with Crippen molar-refractivity contribution in [3.63, 3.8) is 0 Å². The normalized spacial score (nSPS) is 26.6. The van der Waals surface area contributed by atoms with E-state index in [-0.39, 0.29) is 0 Å². The number of nitrogens with one attached hydrogen (secondary N) is 1. The smallest absolute Gasteiger partial charge is 0.0727 e. The largest absolute Gasteiger partial charge is 0.314 e. The molecule has 1 fully saturated rings. The maximum Gasteiger partial charge on any atom is 0.0727 e. The second-order valence-corrected chi connectivity index (χ2v) is 5.59. The van der Waals surface area contributed by atoms with Gasteiger partial charge in [0.05, 0.1) is 11.4 Å². The van der Waals surface area contributed by atoms with Crippen LogP contribution >= 0.6 is 0 Å². The quantitative estimate of drug-likeness (QED) is 0.863. The van der Waals surface area contributed by atoms with Crippen LogP contribution in [0.2, 0.25) is 0 Å². The summed E-state index contributed by atoms with van der Waals surface area (Å²) in [5.74, 6) is 0.686. The van der Waals surface area contributed by atoms with E-state index in [0.717, 1.165) is 37.6 Å². The highest BCUT2D eigenvalue weighted by molar-refractivity contribution is 5.00. The van der Waals surface area contributed by atoms with E-state index in [1.54, 1.807) is 0 Å². The summed E-state index contributed by atoms with van der Waals surface area (Å²) >= 11 is 0. The van der Waals surface area contributed by atoms with Gasteiger partial charge in [0.15, 0.2) is 0 Å². The lowest BCUT2D eigenvalue weighted by molar-refractivity contribution is 0.193. The van der Waals surface area contributed by atoms with Crippen molar-refractivity contribution in [1.82, 2.24) is 20.2 Å². The lowest BCUT2D eigenvalue weighted by Crippen LogP contribution is -2.42. The van der Waals surface area contributed by atoms with Crippen molar-refractivity contribution in [2.75, 3.05) is 19.6 Å². The fraction of sp³-hybridized carbons (Fsp3) is 0.714. The first-order valence-corrected chi connectivity index (χ1v) is 6.86. The lowest BCUT2D eigenvalue weighted by Gasteiger charge is -2.30. The molecule has 1 aliphatic heterocycles. The van der Waals surface area contributed by atoms with Gasteiger partial charge in [0.25, 0.3) is 0 Å². The standard InChI is InChI=1S/C14H24N4/c1-11-6-15-12(2)4-5-18(9-11)10-14-8-16-13(3)7-17-14/h7-8,11-12,15H,4-6,9-10H2,1-3H3. The van der Waals surface area contributed by atoms with Gasteiger partial charge in [-0.25, -0.2) is 0 Å². The van der Waals surface area contributed by atoms with E-state index in [4.69, 9.17) is 0 Å². The van der Waals surface area contributed by atoms with Crippen molar-refractivity contribution in [3.05, 3.63) is 23.8 Å². The summed E-state index contributed by atoms with van der Waals surface area (Å²) < 4.78 is 0. The Labute approximate surface area is 110 Å². The van der Waals surface area contributed by atoms with Crippen LogP contribution in [0.5, 0.6) is 0 Å². The Morgan fingerprint density at radius 2 is 2.17 bits per heavy atom. The first-order chi connectivity index (χ1) is 8.63. The van der Waals surface area contributed by atoms with E-state index in [2.05, 4.69) is 34.0 Å². The molecule has 0 aromatic carbocycles. The predicted octanol–water partition coefficient (Wildman–Crippen LogP) is 1.60. The number of nitrogens with zero attached hydrogens (tertiary/aromatic N) is 3. The molecule has 0 amide bonds. The number of aromatic nitrogens is 2. The molecule has 1 N–H and O–H groups in total. The summed E-state index contributed by atoms with van der Waals surface area (Å²) in [7, 11) is 0. The molecular weight excluding hydrogens is 224 g/mol. The monoisotopic (exact) mass is 248 g/mol. The summed E-state index contributed by atoms with van der Waals surface area (Å²) in [6, 6.07) is 0.611. The van der Waals surface area contributed by atoms with E-state index >= 15 is 0 Å². The van der Waals surface area contributed by atoms with Gasteiger partial charge in [0.2, 0.25) is 0 Å². The van der Waals surface area contributed by atoms with Crippen LogP contribution in [0.15, 0.2) is 12.4 Å². The van der Waals surface area contributed by atoms with E-state index in [1.165, 1.54) is 6.42 Å². The molecule has 1 saturated heterocycles. The minimum Gasteiger partial charge on any atom is -0.314 e. The van der Waals surface area contributed by atoms with Crippen molar-refractivity contribution in [1.29, 1.82) is 0 Å². The van der Waals surface area contributed by atoms with Crippen LogP contribution < -0.4 is 5.32 Å². The molecule has 18 heavy (non-hydrogen) atoms. The van der Waals surface area contributed by atoms with Gasteiger partial charge in [-0.05, 0) is 32.7 Å². The molecule has 0 spiro atoms. The Hall–Kier alpha value is -1.00. The highest BCUT2D eigenvalue weighted by Crippen LogP contribution is 2.10. The number of hydrogen-bond acceptors (Lipinski definition) is 4. The molecular formula is C14H24N4. The topological polar surface area (TPSA) is 41.1 Å². The fourth-order valence-electron chi connectivity index (χ4n) is 2.35. The first-order valence-electron chi connectivity index (χ1n) is 6.86. The van der Waals surface area contributed by atoms with Crippen molar-refractivity contribution in [2.45, 2.75) is 39.8 Å². The maximum atomic E-state index is 4.45. The summed E-state index contributed by atoms with van der Waals surface area (Å²) in [4.78, 5) is 11.3. The van der Waals surface area contributed by atoms with Crippen molar-refractivity contribution in [2.24, 2.45) is 5.92 Å². The number of rotatable bonds is 2. The van der Waals surface area contributed by atoms with Crippen LogP contribution in [0.4, 0.5) is 0 Å². The van der Waals surface area contributed by atoms with Crippen molar-refractivity contribution in [3.8, 4) is 0 Å². The van der Waals surface area contributed by atoms with E-state index in [0.29, 0.717) is 12.0 Å². The summed E-state index contributed by atoms with van der Waals surface area (Å²) in [6.45, 7) is 10.8. The summed E-state index contributed by atoms with van der Waals surface area (Å²) in [6.07, 6.45) is 4.96. The average Bonchev–Trinajstić information content (AvgIpc) is 2.34. The van der Waals surface area contributed by atoms with Gasteiger partial charge in [0, 0.05) is 38.1 Å². The Balaban J connectivity index is 1.95. The third-order valence-corrected chi connectivity index (χ3v) is 3.48. The van der Waals surface area contributed by atoms with Crippen LogP contribution in [0.3, 0.4) is 0 Å². The van der Waals surface area contributed by atoms with Gasteiger partial charge in [-0.3, -0.25) is 14.9 Å². The molecule has 1 aliphatic rings. The lowest BCUT2D eigenvalue weighted by atomic mass is 10.1. The zero-order valence-electron chi connectivity index (χ0n) is 11.7. The van der Waals surface area contributed by atoms with Gasteiger partial charge in [-0.15, -0.1) is 0 Å². The molecule has 2 heterocycles. The fourth-order valence-corrected chi connectivity index (χ4v) is 2.35. The van der Waals surface area contributed by atoms with Crippen LogP contribution in [0.25, 0.3) is 0 Å². The van der Waals surface area contributed by atoms with Gasteiger partial charge in [-0.1, -0.05) is 6.92 Å². The van der Waals surface area contributed by atoms with E-state index in [1.807, 2.05) is 19.3 Å². The molecule has 0 radical (unpaired) electrons. The SMILES string of the molecule is Cc1cnc(CN2CCC(C)NCC(C)C2)cn1. The van der Waals surface area contributed by atoms with Crippen molar-refractivity contribution < 1.29 is 0 Å². The molecule has 4 nitrogen and oxygen atoms in total. The highest BCUT2D eigenvalue weighted by atomic mass is 15.1. The Kier molecular flexibility index (Phi) is 4.66. The summed E-state index contributed by atoms with van der Waals surface area (Å²) in [5, 5.41) is 3.57. The molecule has 1 aromatic heterocycles. The van der Waals surface area contributed by atoms with Crippen LogP contribution in [-0.4, -0.2) is 40.5 Å². The number of aryl methyl sites for hydroxylation is 1. The molecule has 0 aliphatic carbocycles. The zero-order chi connectivity index (χ0) is 13.0. The molecule has 4 heteroatoms. The minimum absolute atomic E-state index is 0.611. The van der Waals surface area contributed by atoms with Crippen LogP contribution in [-0.2, 0) is 6.54 Å². The third kappa shape index (κ3) is 4.03. The number of hydrogen-bond donors (Lipinski definition) is 1. The predicted molar refractivity (Wildman–Crippen MR) is 73.3 cm³/mol. The van der Waals surface area contributed by atoms with Crippen LogP contribution in [0.1, 0.15) is 31.7 Å². The third-order valence-electron chi connectivity index (χ3n) is 3.48. The van der Waals surface area contributed by atoms with Gasteiger partial charge >= 0.3 is 0 Å². The Morgan fingerprint density at radius 3 is 2.89 bits per heavy atom. The molecule has 2 atom stereocenters. The molecule has 100 valence electrons. The highest BCUT2D eigenvalue weighted by Gasteiger charge is 2.16. The van der Waals surface area contributed by atoms with Gasteiger partial charge in [-0.2, -0.15) is 0 Å². The van der Waals surface area contributed by atoms with Crippen molar-refractivity contribution >= 4 is 0 Å². The van der Waals surface area contributed by atoms with Crippen LogP contribution in [0, 0.1) is 12.8 Å². The van der Waals surface area contributed by atoms with E-state index in [9.17, 15) is 0 Å². The van der Waals surface area contributed by atoms with E-state index < -0.39 is 0 Å². The Morgan fingerprint density at radius 1 is 1.33 bits per heavy atom. The maximum absolute atomic E-state index is 4.45. The van der Waals surface area contributed by atoms with Gasteiger partial charge in [0.1, 0.15) is 0 Å². The molecule has 1 aromatic rings. The Bertz CT molecular complexity index is 363. The minimum atomic E-state index is 0.611. The molecule has 0 bridgehead atoms. The average molecular weight is 248 g/mol. The summed E-state index contributed by atoms with van der Waals surface area (Å²) in [5.41, 5.74) is 2.06. The second kappa shape index (κ2) is 6.25. The second-order valence-electron chi connectivity index (χ2n) is 5.59. The zero-order valence-corrected chi connectivity index (χ0v) is 11.7. The van der Waals surface area contributed by atoms with Gasteiger partial charge < -0.3 is 5.32 Å². The molecule has 2 rings (SSSR count).